The zero-order valence-corrected chi connectivity index (χ0v) is 12.9. The van der Waals surface area contributed by atoms with Gasteiger partial charge in [-0.1, -0.05) is 32.0 Å². The first kappa shape index (κ1) is 13.9. The number of hydrogen-bond donors (Lipinski definition) is 1. The molecule has 0 aromatic heterocycles. The van der Waals surface area contributed by atoms with Crippen LogP contribution in [0.1, 0.15) is 57.1 Å². The topological polar surface area (TPSA) is 21.3 Å². The highest BCUT2D eigenvalue weighted by molar-refractivity contribution is 5.47. The lowest BCUT2D eigenvalue weighted by molar-refractivity contribution is 0.277. The fourth-order valence-corrected chi connectivity index (χ4v) is 3.87. The molecule has 0 saturated heterocycles. The molecule has 1 fully saturated rings. The number of benzene rings is 1. The maximum atomic E-state index is 6.03. The van der Waals surface area contributed by atoms with Gasteiger partial charge in [0.1, 0.15) is 5.75 Å². The summed E-state index contributed by atoms with van der Waals surface area (Å²) < 4.78 is 6.03. The number of ether oxygens (including phenoxy) is 1. The van der Waals surface area contributed by atoms with Crippen LogP contribution in [0.2, 0.25) is 0 Å². The maximum Gasteiger partial charge on any atom is 0.126 e. The summed E-state index contributed by atoms with van der Waals surface area (Å²) in [5, 5.41) is 3.70. The van der Waals surface area contributed by atoms with E-state index in [0.717, 1.165) is 19.6 Å². The quantitative estimate of drug-likeness (QED) is 0.900. The van der Waals surface area contributed by atoms with Crippen LogP contribution < -0.4 is 10.1 Å². The van der Waals surface area contributed by atoms with E-state index in [1.165, 1.54) is 49.0 Å². The number of nitrogens with one attached hydrogen (secondary N) is 1. The Labute approximate surface area is 122 Å². The van der Waals surface area contributed by atoms with Crippen molar-refractivity contribution in [2.24, 2.45) is 0 Å². The van der Waals surface area contributed by atoms with Gasteiger partial charge in [0.2, 0.25) is 0 Å². The first-order valence-electron chi connectivity index (χ1n) is 8.21. The third-order valence-corrected chi connectivity index (χ3v) is 5.01. The molecule has 2 heteroatoms. The molecule has 110 valence electrons. The third-order valence-electron chi connectivity index (χ3n) is 5.01. The van der Waals surface area contributed by atoms with Crippen LogP contribution in [0.4, 0.5) is 0 Å². The van der Waals surface area contributed by atoms with Crippen molar-refractivity contribution in [3.8, 4) is 5.75 Å². The highest BCUT2D eigenvalue weighted by Crippen LogP contribution is 2.46. The third kappa shape index (κ3) is 2.58. The summed E-state index contributed by atoms with van der Waals surface area (Å²) >= 11 is 0. The number of hydrogen-bond acceptors (Lipinski definition) is 2. The molecule has 2 aliphatic rings. The smallest absolute Gasteiger partial charge is 0.126 e. The van der Waals surface area contributed by atoms with Gasteiger partial charge in [-0.3, -0.25) is 0 Å². The summed E-state index contributed by atoms with van der Waals surface area (Å²) in [7, 11) is 0. The van der Waals surface area contributed by atoms with Crippen molar-refractivity contribution in [1.29, 1.82) is 0 Å². The van der Waals surface area contributed by atoms with Crippen LogP contribution >= 0.6 is 0 Å². The molecule has 1 saturated carbocycles. The van der Waals surface area contributed by atoms with Gasteiger partial charge in [-0.25, -0.2) is 0 Å². The molecule has 1 aliphatic heterocycles. The SMILES string of the molecule is CCCNC1CCC(C)(c2cccc3c2OCCC3)C1. The zero-order chi connectivity index (χ0) is 14.0. The number of rotatable bonds is 4. The van der Waals surface area contributed by atoms with Gasteiger partial charge in [0, 0.05) is 11.6 Å². The summed E-state index contributed by atoms with van der Waals surface area (Å²) in [5.74, 6) is 1.21. The van der Waals surface area contributed by atoms with Crippen LogP contribution in [0.5, 0.6) is 5.75 Å². The Bertz CT molecular complexity index is 470. The normalized spacial score (nSPS) is 29.0. The predicted molar refractivity (Wildman–Crippen MR) is 83.5 cm³/mol. The molecule has 2 unspecified atom stereocenters. The van der Waals surface area contributed by atoms with E-state index in [9.17, 15) is 0 Å². The number of fused-ring (bicyclic) bond motifs is 1. The van der Waals surface area contributed by atoms with Crippen LogP contribution in [0.3, 0.4) is 0 Å². The largest absolute Gasteiger partial charge is 0.493 e. The van der Waals surface area contributed by atoms with Gasteiger partial charge < -0.3 is 10.1 Å². The Morgan fingerprint density at radius 3 is 3.15 bits per heavy atom. The Morgan fingerprint density at radius 1 is 1.40 bits per heavy atom. The Balaban J connectivity index is 1.82. The summed E-state index contributed by atoms with van der Waals surface area (Å²) in [6, 6.07) is 7.44. The molecule has 0 radical (unpaired) electrons. The molecule has 1 aromatic rings. The van der Waals surface area contributed by atoms with Gasteiger partial charge in [0.15, 0.2) is 0 Å². The maximum absolute atomic E-state index is 6.03. The van der Waals surface area contributed by atoms with Gasteiger partial charge in [0.25, 0.3) is 0 Å². The van der Waals surface area contributed by atoms with Crippen LogP contribution in [0.15, 0.2) is 18.2 Å². The Hall–Kier alpha value is -1.02. The van der Waals surface area contributed by atoms with E-state index in [1.54, 1.807) is 0 Å². The molecule has 2 atom stereocenters. The van der Waals surface area contributed by atoms with Crippen LogP contribution in [-0.4, -0.2) is 19.2 Å². The van der Waals surface area contributed by atoms with E-state index in [0.29, 0.717) is 6.04 Å². The number of para-hydroxylation sites is 1. The van der Waals surface area contributed by atoms with Crippen molar-refractivity contribution in [3.63, 3.8) is 0 Å². The molecule has 0 spiro atoms. The van der Waals surface area contributed by atoms with E-state index in [4.69, 9.17) is 4.74 Å². The van der Waals surface area contributed by atoms with Crippen LogP contribution in [0.25, 0.3) is 0 Å². The highest BCUT2D eigenvalue weighted by atomic mass is 16.5. The molecular formula is C18H27NO. The first-order chi connectivity index (χ1) is 9.73. The summed E-state index contributed by atoms with van der Waals surface area (Å²) in [4.78, 5) is 0. The zero-order valence-electron chi connectivity index (χ0n) is 12.9. The molecular weight excluding hydrogens is 246 g/mol. The molecule has 1 aromatic carbocycles. The minimum atomic E-state index is 0.286. The summed E-state index contributed by atoms with van der Waals surface area (Å²) in [5.41, 5.74) is 3.16. The van der Waals surface area contributed by atoms with E-state index >= 15 is 0 Å². The van der Waals surface area contributed by atoms with E-state index in [1.807, 2.05) is 0 Å². The molecule has 2 nitrogen and oxygen atoms in total. The molecule has 3 rings (SSSR count). The van der Waals surface area contributed by atoms with Crippen molar-refractivity contribution in [2.45, 2.75) is 63.8 Å². The van der Waals surface area contributed by atoms with Gasteiger partial charge in [-0.2, -0.15) is 0 Å². The second-order valence-electron chi connectivity index (χ2n) is 6.70. The molecule has 1 N–H and O–H groups in total. The van der Waals surface area contributed by atoms with Gasteiger partial charge in [0.05, 0.1) is 6.61 Å². The van der Waals surface area contributed by atoms with Crippen molar-refractivity contribution in [1.82, 2.24) is 5.32 Å². The average Bonchev–Trinajstić information content (AvgIpc) is 2.87. The summed E-state index contributed by atoms with van der Waals surface area (Å²) in [6.07, 6.45) is 7.36. The average molecular weight is 273 g/mol. The van der Waals surface area contributed by atoms with Gasteiger partial charge >= 0.3 is 0 Å². The molecule has 1 heterocycles. The van der Waals surface area contributed by atoms with Gasteiger partial charge in [-0.15, -0.1) is 0 Å². The second-order valence-corrected chi connectivity index (χ2v) is 6.70. The van der Waals surface area contributed by atoms with Crippen molar-refractivity contribution < 1.29 is 4.74 Å². The predicted octanol–water partition coefficient (Wildman–Crippen LogP) is 3.82. The van der Waals surface area contributed by atoms with Crippen molar-refractivity contribution in [3.05, 3.63) is 29.3 Å². The minimum Gasteiger partial charge on any atom is -0.493 e. The molecule has 0 amide bonds. The minimum absolute atomic E-state index is 0.286. The standard InChI is InChI=1S/C18H27NO/c1-3-11-19-15-9-10-18(2,13-15)16-8-4-6-14-7-5-12-20-17(14)16/h4,6,8,15,19H,3,5,7,9-13H2,1-2H3. The number of aryl methyl sites for hydroxylation is 1. The van der Waals surface area contributed by atoms with Crippen molar-refractivity contribution in [2.75, 3.05) is 13.2 Å². The lowest BCUT2D eigenvalue weighted by atomic mass is 9.79. The lowest BCUT2D eigenvalue weighted by Crippen LogP contribution is -2.30. The second kappa shape index (κ2) is 5.77. The molecule has 1 aliphatic carbocycles. The van der Waals surface area contributed by atoms with Crippen molar-refractivity contribution >= 4 is 0 Å². The lowest BCUT2D eigenvalue weighted by Gasteiger charge is -2.30. The summed E-state index contributed by atoms with van der Waals surface area (Å²) in [6.45, 7) is 6.69. The Kier molecular flexibility index (Phi) is 4.02. The fourth-order valence-electron chi connectivity index (χ4n) is 3.87. The molecule has 20 heavy (non-hydrogen) atoms. The van der Waals surface area contributed by atoms with E-state index in [2.05, 4.69) is 37.4 Å². The fraction of sp³-hybridized carbons (Fsp3) is 0.667. The molecule has 0 bridgehead atoms. The highest BCUT2D eigenvalue weighted by Gasteiger charge is 2.38. The monoisotopic (exact) mass is 273 g/mol. The van der Waals surface area contributed by atoms with Crippen LogP contribution in [0, 0.1) is 0 Å². The Morgan fingerprint density at radius 2 is 2.30 bits per heavy atom. The van der Waals surface area contributed by atoms with E-state index < -0.39 is 0 Å². The first-order valence-corrected chi connectivity index (χ1v) is 8.21. The van der Waals surface area contributed by atoms with Gasteiger partial charge in [-0.05, 0) is 56.0 Å². The van der Waals surface area contributed by atoms with E-state index in [-0.39, 0.29) is 5.41 Å². The van der Waals surface area contributed by atoms with Crippen LogP contribution in [-0.2, 0) is 11.8 Å².